The second-order valence-electron chi connectivity index (χ2n) is 5.54. The first-order valence-electron chi connectivity index (χ1n) is 7.46. The predicted octanol–water partition coefficient (Wildman–Crippen LogP) is 1.99. The number of anilines is 2. The van der Waals surface area contributed by atoms with Crippen LogP contribution in [0.3, 0.4) is 0 Å². The van der Waals surface area contributed by atoms with Gasteiger partial charge in [0, 0.05) is 32.5 Å². The summed E-state index contributed by atoms with van der Waals surface area (Å²) < 4.78 is 2.02. The summed E-state index contributed by atoms with van der Waals surface area (Å²) in [5.41, 5.74) is 2.33. The van der Waals surface area contributed by atoms with E-state index in [1.165, 1.54) is 5.69 Å². The van der Waals surface area contributed by atoms with E-state index >= 15 is 0 Å². The third-order valence-corrected chi connectivity index (χ3v) is 4.07. The molecule has 1 fully saturated rings. The summed E-state index contributed by atoms with van der Waals surface area (Å²) in [5.74, 6) is 1.01. The quantitative estimate of drug-likeness (QED) is 0.902. The fourth-order valence-corrected chi connectivity index (χ4v) is 2.75. The Morgan fingerprint density at radius 2 is 2.05 bits per heavy atom. The predicted molar refractivity (Wildman–Crippen MR) is 84.4 cm³/mol. The van der Waals surface area contributed by atoms with E-state index in [0.29, 0.717) is 6.54 Å². The molecular formula is C16H22N4O. The van der Waals surface area contributed by atoms with Crippen LogP contribution in [-0.4, -0.2) is 33.9 Å². The number of piperidine rings is 1. The minimum absolute atomic E-state index is 0.145. The maximum atomic E-state index is 9.65. The SMILES string of the molecule is Cn1ccnc1CNc1ccccc1N1CCC(O)CC1. The van der Waals surface area contributed by atoms with Crippen molar-refractivity contribution in [3.8, 4) is 0 Å². The highest BCUT2D eigenvalue weighted by atomic mass is 16.3. The first kappa shape index (κ1) is 13.9. The Labute approximate surface area is 125 Å². The van der Waals surface area contributed by atoms with Gasteiger partial charge in [-0.1, -0.05) is 12.1 Å². The summed E-state index contributed by atoms with van der Waals surface area (Å²) in [5, 5.41) is 13.1. The molecule has 1 aromatic carbocycles. The Bertz CT molecular complexity index is 587. The maximum Gasteiger partial charge on any atom is 0.127 e. The zero-order valence-corrected chi connectivity index (χ0v) is 12.4. The van der Waals surface area contributed by atoms with Crippen molar-refractivity contribution in [2.75, 3.05) is 23.3 Å². The number of hydrogen-bond acceptors (Lipinski definition) is 4. The van der Waals surface area contributed by atoms with Crippen molar-refractivity contribution in [3.63, 3.8) is 0 Å². The highest BCUT2D eigenvalue weighted by Gasteiger charge is 2.19. The molecule has 0 atom stereocenters. The molecule has 0 amide bonds. The average molecular weight is 286 g/mol. The minimum Gasteiger partial charge on any atom is -0.393 e. The van der Waals surface area contributed by atoms with Crippen LogP contribution in [0.2, 0.25) is 0 Å². The van der Waals surface area contributed by atoms with Gasteiger partial charge in [-0.3, -0.25) is 0 Å². The number of aryl methyl sites for hydroxylation is 1. The standard InChI is InChI=1S/C16H22N4O/c1-19-11-8-17-16(19)12-18-14-4-2-3-5-15(14)20-9-6-13(21)7-10-20/h2-5,8,11,13,18,21H,6-7,9-10,12H2,1H3. The fraction of sp³-hybridized carbons (Fsp3) is 0.438. The topological polar surface area (TPSA) is 53.3 Å². The number of aromatic nitrogens is 2. The van der Waals surface area contributed by atoms with Crippen molar-refractivity contribution in [2.45, 2.75) is 25.5 Å². The molecule has 21 heavy (non-hydrogen) atoms. The van der Waals surface area contributed by atoms with Crippen LogP contribution < -0.4 is 10.2 Å². The molecule has 112 valence electrons. The van der Waals surface area contributed by atoms with Crippen LogP contribution in [0.15, 0.2) is 36.7 Å². The normalized spacial score (nSPS) is 16.2. The second kappa shape index (κ2) is 6.18. The van der Waals surface area contributed by atoms with Crippen molar-refractivity contribution >= 4 is 11.4 Å². The first-order chi connectivity index (χ1) is 10.2. The lowest BCUT2D eigenvalue weighted by atomic mass is 10.1. The number of imidazole rings is 1. The summed E-state index contributed by atoms with van der Waals surface area (Å²) in [4.78, 5) is 6.68. The van der Waals surface area contributed by atoms with E-state index < -0.39 is 0 Å². The Balaban J connectivity index is 1.72. The summed E-state index contributed by atoms with van der Waals surface area (Å²) in [7, 11) is 2.00. The third kappa shape index (κ3) is 3.19. The number of hydrogen-bond donors (Lipinski definition) is 2. The van der Waals surface area contributed by atoms with E-state index in [9.17, 15) is 5.11 Å². The van der Waals surface area contributed by atoms with Gasteiger partial charge in [0.1, 0.15) is 5.82 Å². The van der Waals surface area contributed by atoms with Crippen LogP contribution in [0.25, 0.3) is 0 Å². The average Bonchev–Trinajstić information content (AvgIpc) is 2.92. The molecular weight excluding hydrogens is 264 g/mol. The number of rotatable bonds is 4. The molecule has 0 unspecified atom stereocenters. The van der Waals surface area contributed by atoms with Crippen molar-refractivity contribution < 1.29 is 5.11 Å². The van der Waals surface area contributed by atoms with Gasteiger partial charge in [-0.15, -0.1) is 0 Å². The summed E-state index contributed by atoms with van der Waals surface area (Å²) in [6, 6.07) is 8.34. The van der Waals surface area contributed by atoms with Crippen LogP contribution in [0.4, 0.5) is 11.4 Å². The van der Waals surface area contributed by atoms with Gasteiger partial charge >= 0.3 is 0 Å². The molecule has 0 spiro atoms. The number of nitrogens with zero attached hydrogens (tertiary/aromatic N) is 3. The molecule has 5 nitrogen and oxygen atoms in total. The van der Waals surface area contributed by atoms with E-state index in [4.69, 9.17) is 0 Å². The molecule has 1 aromatic heterocycles. The zero-order chi connectivity index (χ0) is 14.7. The monoisotopic (exact) mass is 286 g/mol. The molecule has 1 aliphatic rings. The summed E-state index contributed by atoms with van der Waals surface area (Å²) in [6.45, 7) is 2.52. The second-order valence-corrected chi connectivity index (χ2v) is 5.54. The molecule has 5 heteroatoms. The smallest absolute Gasteiger partial charge is 0.127 e. The van der Waals surface area contributed by atoms with Gasteiger partial charge in [-0.2, -0.15) is 0 Å². The van der Waals surface area contributed by atoms with Gasteiger partial charge in [-0.25, -0.2) is 4.98 Å². The van der Waals surface area contributed by atoms with E-state index in [2.05, 4.69) is 33.4 Å². The van der Waals surface area contributed by atoms with E-state index in [1.54, 1.807) is 0 Å². The van der Waals surface area contributed by atoms with Gasteiger partial charge in [-0.05, 0) is 25.0 Å². The Morgan fingerprint density at radius 3 is 2.76 bits per heavy atom. The number of aliphatic hydroxyl groups is 1. The maximum absolute atomic E-state index is 9.65. The molecule has 0 saturated carbocycles. The number of benzene rings is 1. The lowest BCUT2D eigenvalue weighted by Gasteiger charge is -2.33. The van der Waals surface area contributed by atoms with Crippen LogP contribution in [0.5, 0.6) is 0 Å². The lowest BCUT2D eigenvalue weighted by Crippen LogP contribution is -2.36. The molecule has 1 aliphatic heterocycles. The summed E-state index contributed by atoms with van der Waals surface area (Å²) in [6.07, 6.45) is 5.31. The van der Waals surface area contributed by atoms with E-state index in [1.807, 2.05) is 30.1 Å². The largest absolute Gasteiger partial charge is 0.393 e. The van der Waals surface area contributed by atoms with Gasteiger partial charge in [0.2, 0.25) is 0 Å². The van der Waals surface area contributed by atoms with Gasteiger partial charge in [0.15, 0.2) is 0 Å². The van der Waals surface area contributed by atoms with Crippen molar-refractivity contribution in [2.24, 2.45) is 7.05 Å². The minimum atomic E-state index is -0.145. The van der Waals surface area contributed by atoms with Crippen molar-refractivity contribution in [1.82, 2.24) is 9.55 Å². The van der Waals surface area contributed by atoms with Crippen LogP contribution >= 0.6 is 0 Å². The molecule has 3 rings (SSSR count). The molecule has 2 heterocycles. The van der Waals surface area contributed by atoms with Crippen molar-refractivity contribution in [1.29, 1.82) is 0 Å². The Kier molecular flexibility index (Phi) is 4.10. The molecule has 2 aromatic rings. The number of nitrogens with one attached hydrogen (secondary N) is 1. The fourth-order valence-electron chi connectivity index (χ4n) is 2.75. The molecule has 1 saturated heterocycles. The highest BCUT2D eigenvalue weighted by molar-refractivity contribution is 5.70. The van der Waals surface area contributed by atoms with Crippen LogP contribution in [0.1, 0.15) is 18.7 Å². The summed E-state index contributed by atoms with van der Waals surface area (Å²) >= 11 is 0. The molecule has 0 radical (unpaired) electrons. The van der Waals surface area contributed by atoms with Gasteiger partial charge in [0.25, 0.3) is 0 Å². The third-order valence-electron chi connectivity index (χ3n) is 4.07. The first-order valence-corrected chi connectivity index (χ1v) is 7.46. The molecule has 0 aliphatic carbocycles. The number of para-hydroxylation sites is 2. The highest BCUT2D eigenvalue weighted by Crippen LogP contribution is 2.28. The van der Waals surface area contributed by atoms with Crippen molar-refractivity contribution in [3.05, 3.63) is 42.5 Å². The zero-order valence-electron chi connectivity index (χ0n) is 12.4. The van der Waals surface area contributed by atoms with Gasteiger partial charge < -0.3 is 19.9 Å². The van der Waals surface area contributed by atoms with E-state index in [0.717, 1.165) is 37.4 Å². The molecule has 0 bridgehead atoms. The van der Waals surface area contributed by atoms with Crippen LogP contribution in [0, 0.1) is 0 Å². The lowest BCUT2D eigenvalue weighted by molar-refractivity contribution is 0.145. The van der Waals surface area contributed by atoms with E-state index in [-0.39, 0.29) is 6.10 Å². The molecule has 2 N–H and O–H groups in total. The van der Waals surface area contributed by atoms with Crippen LogP contribution in [-0.2, 0) is 13.6 Å². The Morgan fingerprint density at radius 1 is 1.29 bits per heavy atom. The Hall–Kier alpha value is -2.01. The number of aliphatic hydroxyl groups excluding tert-OH is 1. The van der Waals surface area contributed by atoms with Gasteiger partial charge in [0.05, 0.1) is 24.0 Å².